The predicted octanol–water partition coefficient (Wildman–Crippen LogP) is 3.68. The van der Waals surface area contributed by atoms with Gasteiger partial charge in [-0.3, -0.25) is 0 Å². The van der Waals surface area contributed by atoms with Crippen molar-refractivity contribution < 1.29 is 0 Å². The molecule has 0 aliphatic heterocycles. The summed E-state index contributed by atoms with van der Waals surface area (Å²) in [7, 11) is 0. The molecule has 0 spiro atoms. The quantitative estimate of drug-likeness (QED) is 0.805. The molecule has 0 saturated carbocycles. The maximum absolute atomic E-state index is 5.89. The lowest BCUT2D eigenvalue weighted by Gasteiger charge is -2.08. The average Bonchev–Trinajstić information content (AvgIpc) is 2.29. The van der Waals surface area contributed by atoms with Crippen molar-refractivity contribution in [1.29, 1.82) is 0 Å². The van der Waals surface area contributed by atoms with E-state index < -0.39 is 0 Å². The molecule has 16 heavy (non-hydrogen) atoms. The van der Waals surface area contributed by atoms with Crippen LogP contribution < -0.4 is 5.73 Å². The lowest BCUT2D eigenvalue weighted by Crippen LogP contribution is -2.04. The van der Waals surface area contributed by atoms with Crippen LogP contribution in [-0.2, 0) is 0 Å². The summed E-state index contributed by atoms with van der Waals surface area (Å²) in [6, 6.07) is 17.0. The van der Waals surface area contributed by atoms with Crippen molar-refractivity contribution >= 4 is 0 Å². The largest absolute Gasteiger partial charge is 0.324 e. The number of aryl methyl sites for hydroxylation is 1. The minimum Gasteiger partial charge on any atom is -0.324 e. The zero-order chi connectivity index (χ0) is 11.5. The van der Waals surface area contributed by atoms with E-state index in [4.69, 9.17) is 5.73 Å². The molecule has 0 aliphatic rings. The van der Waals surface area contributed by atoms with Crippen molar-refractivity contribution in [3.63, 3.8) is 0 Å². The second-order valence-electron chi connectivity index (χ2n) is 4.28. The highest BCUT2D eigenvalue weighted by atomic mass is 14.6. The second kappa shape index (κ2) is 4.50. The molecule has 2 aromatic carbocycles. The molecule has 0 saturated heterocycles. The van der Waals surface area contributed by atoms with Crippen LogP contribution in [0.15, 0.2) is 48.5 Å². The van der Waals surface area contributed by atoms with E-state index in [-0.39, 0.29) is 6.04 Å². The summed E-state index contributed by atoms with van der Waals surface area (Å²) in [6.45, 7) is 4.12. The van der Waals surface area contributed by atoms with Crippen molar-refractivity contribution in [2.24, 2.45) is 5.73 Å². The number of nitrogens with two attached hydrogens (primary N) is 1. The van der Waals surface area contributed by atoms with E-state index in [0.717, 1.165) is 0 Å². The Balaban J connectivity index is 2.44. The molecular formula is C15H17N. The molecular weight excluding hydrogens is 194 g/mol. The lowest BCUT2D eigenvalue weighted by molar-refractivity contribution is 0.819. The van der Waals surface area contributed by atoms with Crippen LogP contribution in [0.1, 0.15) is 24.1 Å². The number of hydrogen-bond acceptors (Lipinski definition) is 1. The fourth-order valence-electron chi connectivity index (χ4n) is 1.83. The van der Waals surface area contributed by atoms with Gasteiger partial charge in [-0.1, -0.05) is 48.0 Å². The molecule has 0 amide bonds. The van der Waals surface area contributed by atoms with Gasteiger partial charge >= 0.3 is 0 Å². The Morgan fingerprint density at radius 3 is 2.19 bits per heavy atom. The lowest BCUT2D eigenvalue weighted by atomic mass is 9.99. The van der Waals surface area contributed by atoms with Crippen molar-refractivity contribution in [3.05, 3.63) is 59.7 Å². The Labute approximate surface area is 96.9 Å². The highest BCUT2D eigenvalue weighted by Gasteiger charge is 2.02. The molecule has 0 unspecified atom stereocenters. The standard InChI is InChI=1S/C15H17N/c1-11-5-3-7-14(9-11)15-8-4-6-13(10-15)12(2)16/h3-10,12H,16H2,1-2H3/t12-/m0/s1. The SMILES string of the molecule is Cc1cccc(-c2cccc([C@H](C)N)c2)c1. The fraction of sp³-hybridized carbons (Fsp3) is 0.200. The summed E-state index contributed by atoms with van der Waals surface area (Å²) in [5.74, 6) is 0. The number of rotatable bonds is 2. The molecule has 0 fully saturated rings. The smallest absolute Gasteiger partial charge is 0.0266 e. The summed E-state index contributed by atoms with van der Waals surface area (Å²) in [6.07, 6.45) is 0. The first-order chi connectivity index (χ1) is 7.66. The highest BCUT2D eigenvalue weighted by Crippen LogP contribution is 2.23. The van der Waals surface area contributed by atoms with Crippen LogP contribution in [0.2, 0.25) is 0 Å². The van der Waals surface area contributed by atoms with Crippen molar-refractivity contribution in [1.82, 2.24) is 0 Å². The fourth-order valence-corrected chi connectivity index (χ4v) is 1.83. The minimum absolute atomic E-state index is 0.0877. The van der Waals surface area contributed by atoms with Crippen LogP contribution in [0.4, 0.5) is 0 Å². The highest BCUT2D eigenvalue weighted by molar-refractivity contribution is 5.65. The molecule has 1 atom stereocenters. The van der Waals surface area contributed by atoms with Crippen LogP contribution in [0, 0.1) is 6.92 Å². The summed E-state index contributed by atoms with van der Waals surface area (Å²) in [4.78, 5) is 0. The number of hydrogen-bond donors (Lipinski definition) is 1. The van der Waals surface area contributed by atoms with Gasteiger partial charge < -0.3 is 5.73 Å². The van der Waals surface area contributed by atoms with Crippen LogP contribution in [0.25, 0.3) is 11.1 Å². The molecule has 2 rings (SSSR count). The first-order valence-electron chi connectivity index (χ1n) is 5.59. The van der Waals surface area contributed by atoms with Crippen molar-refractivity contribution in [2.75, 3.05) is 0 Å². The van der Waals surface area contributed by atoms with Crippen LogP contribution in [0.5, 0.6) is 0 Å². The van der Waals surface area contributed by atoms with Crippen LogP contribution >= 0.6 is 0 Å². The molecule has 2 aromatic rings. The van der Waals surface area contributed by atoms with Gasteiger partial charge in [-0.25, -0.2) is 0 Å². The van der Waals surface area contributed by atoms with E-state index >= 15 is 0 Å². The van der Waals surface area contributed by atoms with E-state index in [0.29, 0.717) is 0 Å². The van der Waals surface area contributed by atoms with E-state index in [9.17, 15) is 0 Å². The van der Waals surface area contributed by atoms with Gasteiger partial charge in [0.2, 0.25) is 0 Å². The van der Waals surface area contributed by atoms with Crippen LogP contribution in [-0.4, -0.2) is 0 Å². The average molecular weight is 211 g/mol. The Morgan fingerprint density at radius 1 is 0.938 bits per heavy atom. The molecule has 0 bridgehead atoms. The monoisotopic (exact) mass is 211 g/mol. The topological polar surface area (TPSA) is 26.0 Å². The summed E-state index contributed by atoms with van der Waals surface area (Å²) in [5.41, 5.74) is 10.8. The van der Waals surface area contributed by atoms with Crippen molar-refractivity contribution in [2.45, 2.75) is 19.9 Å². The Morgan fingerprint density at radius 2 is 1.56 bits per heavy atom. The minimum atomic E-state index is 0.0877. The number of benzene rings is 2. The van der Waals surface area contributed by atoms with E-state index in [2.05, 4.69) is 55.5 Å². The normalized spacial score (nSPS) is 12.4. The third-order valence-electron chi connectivity index (χ3n) is 2.76. The van der Waals surface area contributed by atoms with Crippen molar-refractivity contribution in [3.8, 4) is 11.1 Å². The maximum Gasteiger partial charge on any atom is 0.0266 e. The molecule has 82 valence electrons. The van der Waals surface area contributed by atoms with Gasteiger partial charge in [0.15, 0.2) is 0 Å². The second-order valence-corrected chi connectivity index (χ2v) is 4.28. The van der Waals surface area contributed by atoms with Gasteiger partial charge in [-0.05, 0) is 36.6 Å². The third kappa shape index (κ3) is 2.31. The molecule has 0 radical (unpaired) electrons. The molecule has 0 aromatic heterocycles. The zero-order valence-corrected chi connectivity index (χ0v) is 9.77. The van der Waals surface area contributed by atoms with E-state index in [1.165, 1.54) is 22.3 Å². The Hall–Kier alpha value is -1.60. The molecule has 1 heteroatoms. The molecule has 0 heterocycles. The van der Waals surface area contributed by atoms with E-state index in [1.807, 2.05) is 6.92 Å². The van der Waals surface area contributed by atoms with Gasteiger partial charge in [-0.15, -0.1) is 0 Å². The zero-order valence-electron chi connectivity index (χ0n) is 9.77. The first-order valence-corrected chi connectivity index (χ1v) is 5.59. The third-order valence-corrected chi connectivity index (χ3v) is 2.76. The van der Waals surface area contributed by atoms with Gasteiger partial charge in [0.25, 0.3) is 0 Å². The van der Waals surface area contributed by atoms with Crippen LogP contribution in [0.3, 0.4) is 0 Å². The molecule has 2 N–H and O–H groups in total. The molecule has 0 aliphatic carbocycles. The van der Waals surface area contributed by atoms with Gasteiger partial charge in [-0.2, -0.15) is 0 Å². The summed E-state index contributed by atoms with van der Waals surface area (Å²) in [5, 5.41) is 0. The summed E-state index contributed by atoms with van der Waals surface area (Å²) < 4.78 is 0. The molecule has 1 nitrogen and oxygen atoms in total. The first kappa shape index (κ1) is 10.9. The van der Waals surface area contributed by atoms with Gasteiger partial charge in [0.1, 0.15) is 0 Å². The van der Waals surface area contributed by atoms with E-state index in [1.54, 1.807) is 0 Å². The summed E-state index contributed by atoms with van der Waals surface area (Å²) >= 11 is 0. The van der Waals surface area contributed by atoms with Gasteiger partial charge in [0, 0.05) is 6.04 Å². The predicted molar refractivity (Wildman–Crippen MR) is 69.2 cm³/mol. The maximum atomic E-state index is 5.89. The van der Waals surface area contributed by atoms with Gasteiger partial charge in [0.05, 0.1) is 0 Å². The Bertz CT molecular complexity index is 486. The Kier molecular flexibility index (Phi) is 3.07.